The van der Waals surface area contributed by atoms with Crippen molar-refractivity contribution in [2.75, 3.05) is 6.61 Å². The summed E-state index contributed by atoms with van der Waals surface area (Å²) in [7, 11) is 0. The number of esters is 1. The molecule has 0 aliphatic carbocycles. The molecule has 2 aromatic carbocycles. The number of ketones is 1. The van der Waals surface area contributed by atoms with E-state index in [9.17, 15) is 28.8 Å². The molecule has 0 bridgehead atoms. The van der Waals surface area contributed by atoms with Gasteiger partial charge in [-0.1, -0.05) is 79.7 Å². The number of Topliss-reactive ketones (excluding diaryl/α,β-unsaturated/α-hetero) is 1. The van der Waals surface area contributed by atoms with Gasteiger partial charge in [0.2, 0.25) is 23.6 Å². The van der Waals surface area contributed by atoms with E-state index >= 15 is 0 Å². The van der Waals surface area contributed by atoms with Gasteiger partial charge in [-0.2, -0.15) is 0 Å². The molecule has 2 aliphatic heterocycles. The van der Waals surface area contributed by atoms with Gasteiger partial charge < -0.3 is 34.8 Å². The number of nitrogens with one attached hydrogen (secondary N) is 3. The molecular weight excluding hydrogens is 743 g/mol. The monoisotopic (exact) mass is 799 g/mol. The first-order chi connectivity index (χ1) is 27.4. The number of ether oxygens (including phenoxy) is 2. The highest BCUT2D eigenvalue weighted by Gasteiger charge is 2.51. The molecule has 0 spiro atoms. The number of epoxide rings is 1. The van der Waals surface area contributed by atoms with Gasteiger partial charge in [0.1, 0.15) is 23.7 Å². The maximum Gasteiger partial charge on any atom is 0.311 e. The Morgan fingerprint density at radius 3 is 2.19 bits per heavy atom. The lowest BCUT2D eigenvalue weighted by molar-refractivity contribution is -0.155. The molecule has 2 aliphatic rings. The van der Waals surface area contributed by atoms with Gasteiger partial charge >= 0.3 is 5.97 Å². The Morgan fingerprint density at radius 2 is 1.59 bits per heavy atom. The number of aromatic nitrogens is 1. The maximum atomic E-state index is 14.3. The zero-order chi connectivity index (χ0) is 42.2. The van der Waals surface area contributed by atoms with E-state index in [1.807, 2.05) is 81.4 Å². The smallest absolute Gasteiger partial charge is 0.311 e. The third kappa shape index (κ3) is 11.8. The van der Waals surface area contributed by atoms with Crippen LogP contribution in [0.1, 0.15) is 90.3 Å². The molecule has 1 aromatic heterocycles. The Kier molecular flexibility index (Phi) is 14.3. The third-order valence-corrected chi connectivity index (χ3v) is 10.4. The zero-order valence-electron chi connectivity index (χ0n) is 34.5. The van der Waals surface area contributed by atoms with Gasteiger partial charge in [0, 0.05) is 18.5 Å². The number of amides is 4. The first kappa shape index (κ1) is 43.7. The number of carbonyl (C=O) groups excluding carboxylic acids is 6. The van der Waals surface area contributed by atoms with Crippen LogP contribution in [0.25, 0.3) is 0 Å². The largest absolute Gasteiger partial charge is 0.457 e. The van der Waals surface area contributed by atoms with E-state index < -0.39 is 70.8 Å². The standard InChI is InChI=1S/C44H57N5O9/c1-27(2)20-34(38(51)44(7)26-57-44)46-40(53)36(22-30-16-12-9-13-17-30)49-28(3)21-35(41(49)54)47-39(52)33(19-18-29-14-10-8-11-15-29)45-37(50)24-31-23-32(58-48-31)25-56-42(55)43(4,5)6/h8-17,23,27-28,33-36H,18-22,24-26H2,1-7H3,(H,45,50)(H,46,53)(H,47,52)/t28?,33-,34-,35-,36-,44?/m0/s1. The minimum Gasteiger partial charge on any atom is -0.457 e. The fraction of sp³-hybridized carbons (Fsp3) is 0.523. The molecule has 4 amide bonds. The van der Waals surface area contributed by atoms with Gasteiger partial charge in [0.15, 0.2) is 18.2 Å². The summed E-state index contributed by atoms with van der Waals surface area (Å²) in [5, 5.41) is 12.6. The van der Waals surface area contributed by atoms with Gasteiger partial charge in [-0.15, -0.1) is 0 Å². The Balaban J connectivity index is 1.29. The summed E-state index contributed by atoms with van der Waals surface area (Å²) >= 11 is 0. The van der Waals surface area contributed by atoms with Gasteiger partial charge in [0.05, 0.1) is 30.2 Å². The van der Waals surface area contributed by atoms with Crippen LogP contribution in [-0.4, -0.2) is 87.9 Å². The Labute approximate surface area is 340 Å². The zero-order valence-corrected chi connectivity index (χ0v) is 34.5. The lowest BCUT2D eigenvalue weighted by Gasteiger charge is -2.33. The second kappa shape index (κ2) is 18.9. The van der Waals surface area contributed by atoms with E-state index in [-0.39, 0.29) is 62.1 Å². The molecule has 58 heavy (non-hydrogen) atoms. The Morgan fingerprint density at radius 1 is 0.948 bits per heavy atom. The van der Waals surface area contributed by atoms with Gasteiger partial charge in [-0.05, 0) is 77.3 Å². The number of rotatable bonds is 19. The van der Waals surface area contributed by atoms with Crippen LogP contribution < -0.4 is 16.0 Å². The highest BCUT2D eigenvalue weighted by atomic mass is 16.6. The fourth-order valence-electron chi connectivity index (χ4n) is 7.05. The van der Waals surface area contributed by atoms with Gasteiger partial charge in [0.25, 0.3) is 0 Å². The first-order valence-corrected chi connectivity index (χ1v) is 20.0. The van der Waals surface area contributed by atoms with Crippen molar-refractivity contribution < 1.29 is 42.8 Å². The van der Waals surface area contributed by atoms with Crippen molar-refractivity contribution in [2.24, 2.45) is 11.3 Å². The van der Waals surface area contributed by atoms with E-state index in [0.717, 1.165) is 11.1 Å². The van der Waals surface area contributed by atoms with Crippen molar-refractivity contribution >= 4 is 35.4 Å². The molecule has 3 N–H and O–H groups in total. The number of hydrogen-bond donors (Lipinski definition) is 3. The maximum absolute atomic E-state index is 14.3. The molecule has 3 aromatic rings. The number of aryl methyl sites for hydroxylation is 1. The van der Waals surface area contributed by atoms with E-state index in [4.69, 9.17) is 14.0 Å². The molecule has 5 rings (SSSR count). The predicted molar refractivity (Wildman–Crippen MR) is 214 cm³/mol. The Bertz CT molecular complexity index is 1920. The molecule has 0 saturated carbocycles. The Hall–Kier alpha value is -5.37. The SMILES string of the molecule is CC(C)C[C@H](NC(=O)[C@H](Cc1ccccc1)N1C(=O)[C@@H](NC(=O)[C@H](CCc2ccccc2)NC(=O)Cc2cc(COC(=O)C(C)(C)C)on2)CC1C)C(=O)C1(C)CO1. The number of benzene rings is 2. The van der Waals surface area contributed by atoms with Crippen LogP contribution in [0.3, 0.4) is 0 Å². The van der Waals surface area contributed by atoms with Crippen LogP contribution in [0.15, 0.2) is 71.3 Å². The van der Waals surface area contributed by atoms with Crippen LogP contribution in [0.2, 0.25) is 0 Å². The van der Waals surface area contributed by atoms with Crippen molar-refractivity contribution in [1.82, 2.24) is 26.0 Å². The third-order valence-electron chi connectivity index (χ3n) is 10.4. The summed E-state index contributed by atoms with van der Waals surface area (Å²) in [4.78, 5) is 83.0. The summed E-state index contributed by atoms with van der Waals surface area (Å²) < 4.78 is 16.0. The minimum atomic E-state index is -1.01. The summed E-state index contributed by atoms with van der Waals surface area (Å²) in [6, 6.07) is 16.2. The second-order valence-electron chi connectivity index (χ2n) is 17.1. The average molecular weight is 800 g/mol. The first-order valence-electron chi connectivity index (χ1n) is 20.0. The quantitative estimate of drug-likeness (QED) is 0.118. The van der Waals surface area contributed by atoms with Crippen LogP contribution in [-0.2, 0) is 64.1 Å². The molecule has 2 unspecified atom stereocenters. The molecule has 3 heterocycles. The lowest BCUT2D eigenvalue weighted by atomic mass is 9.92. The van der Waals surface area contributed by atoms with E-state index in [0.29, 0.717) is 12.8 Å². The normalized spacial score (nSPS) is 20.6. The van der Waals surface area contributed by atoms with Crippen LogP contribution >= 0.6 is 0 Å². The van der Waals surface area contributed by atoms with Crippen molar-refractivity contribution in [3.63, 3.8) is 0 Å². The van der Waals surface area contributed by atoms with Crippen LogP contribution in [0.4, 0.5) is 0 Å². The van der Waals surface area contributed by atoms with Gasteiger partial charge in [-0.25, -0.2) is 0 Å². The van der Waals surface area contributed by atoms with E-state index in [1.54, 1.807) is 27.7 Å². The molecule has 312 valence electrons. The van der Waals surface area contributed by atoms with E-state index in [1.165, 1.54) is 11.0 Å². The lowest BCUT2D eigenvalue weighted by Crippen LogP contribution is -2.57. The fourth-order valence-corrected chi connectivity index (χ4v) is 7.05. The summed E-state index contributed by atoms with van der Waals surface area (Å²) in [6.07, 6.45) is 1.32. The summed E-state index contributed by atoms with van der Waals surface area (Å²) in [6.45, 7) is 12.8. The highest BCUT2D eigenvalue weighted by Crippen LogP contribution is 2.30. The van der Waals surface area contributed by atoms with Crippen molar-refractivity contribution in [2.45, 2.75) is 129 Å². The van der Waals surface area contributed by atoms with Gasteiger partial charge in [-0.3, -0.25) is 28.8 Å². The molecule has 2 saturated heterocycles. The van der Waals surface area contributed by atoms with E-state index in [2.05, 4.69) is 21.1 Å². The van der Waals surface area contributed by atoms with Crippen LogP contribution in [0, 0.1) is 11.3 Å². The molecule has 6 atom stereocenters. The van der Waals surface area contributed by atoms with Crippen LogP contribution in [0.5, 0.6) is 0 Å². The summed E-state index contributed by atoms with van der Waals surface area (Å²) in [5.74, 6) is -2.18. The second-order valence-corrected chi connectivity index (χ2v) is 17.1. The van der Waals surface area contributed by atoms with Crippen molar-refractivity contribution in [1.29, 1.82) is 0 Å². The van der Waals surface area contributed by atoms with Crippen molar-refractivity contribution in [3.05, 3.63) is 89.3 Å². The predicted octanol–water partition coefficient (Wildman–Crippen LogP) is 4.03. The minimum absolute atomic E-state index is 0.102. The number of nitrogens with zero attached hydrogens (tertiary/aromatic N) is 2. The molecular formula is C44H57N5O9. The topological polar surface area (TPSA) is 190 Å². The average Bonchev–Trinajstić information content (AvgIpc) is 3.67. The molecule has 14 heteroatoms. The number of carbonyl (C=O) groups is 6. The molecule has 2 fully saturated rings. The highest BCUT2D eigenvalue weighted by molar-refractivity contribution is 5.99. The number of likely N-dealkylation sites (tertiary alicyclic amines) is 1. The number of hydrogen-bond acceptors (Lipinski definition) is 10. The molecule has 14 nitrogen and oxygen atoms in total. The summed E-state index contributed by atoms with van der Waals surface area (Å²) in [5.41, 5.74) is 0.437. The molecule has 0 radical (unpaired) electrons. The van der Waals surface area contributed by atoms with Crippen molar-refractivity contribution in [3.8, 4) is 0 Å².